The number of amides is 2. The van der Waals surface area contributed by atoms with Gasteiger partial charge in [0.2, 0.25) is 0 Å². The molecule has 2 aliphatic rings. The highest BCUT2D eigenvalue weighted by Gasteiger charge is 2.26. The number of pyridine rings is 1. The van der Waals surface area contributed by atoms with Crippen LogP contribution in [0.15, 0.2) is 54.2 Å². The predicted octanol–water partition coefficient (Wildman–Crippen LogP) is 3.92. The third kappa shape index (κ3) is 4.18. The fourth-order valence-electron chi connectivity index (χ4n) is 4.95. The van der Waals surface area contributed by atoms with Crippen LogP contribution in [0, 0.1) is 12.8 Å². The van der Waals surface area contributed by atoms with Crippen LogP contribution in [-0.2, 0) is 29.4 Å². The summed E-state index contributed by atoms with van der Waals surface area (Å²) in [6.07, 6.45) is 13.2. The van der Waals surface area contributed by atoms with Gasteiger partial charge in [-0.2, -0.15) is 5.10 Å². The van der Waals surface area contributed by atoms with Gasteiger partial charge in [0.15, 0.2) is 0 Å². The molecule has 4 aromatic rings. The molecule has 2 N–H and O–H groups in total. The molecule has 180 valence electrons. The molecular weight excluding hydrogens is 464 g/mol. The van der Waals surface area contributed by atoms with Gasteiger partial charge in [-0.3, -0.25) is 4.68 Å². The average Bonchev–Trinajstić information content (AvgIpc) is 3.20. The van der Waals surface area contributed by atoms with Crippen molar-refractivity contribution in [1.82, 2.24) is 23.9 Å². The van der Waals surface area contributed by atoms with E-state index in [-0.39, 0.29) is 4.90 Å². The number of aromatic nitrogens is 4. The molecule has 1 saturated carbocycles. The highest BCUT2D eigenvalue weighted by atomic mass is 32.2. The van der Waals surface area contributed by atoms with E-state index >= 15 is 0 Å². The monoisotopic (exact) mass is 490 g/mol. The molecule has 0 spiro atoms. The highest BCUT2D eigenvalue weighted by Crippen LogP contribution is 2.40. The molecule has 3 heterocycles. The number of hydrogen-bond donors (Lipinski definition) is 2. The van der Waals surface area contributed by atoms with Gasteiger partial charge in [0.25, 0.3) is 10.0 Å². The first kappa shape index (κ1) is 21.8. The van der Waals surface area contributed by atoms with Crippen LogP contribution in [0.3, 0.4) is 0 Å². The van der Waals surface area contributed by atoms with Gasteiger partial charge in [0.05, 0.1) is 29.9 Å². The van der Waals surface area contributed by atoms with E-state index in [1.165, 1.54) is 18.0 Å². The van der Waals surface area contributed by atoms with E-state index in [0.717, 1.165) is 59.9 Å². The summed E-state index contributed by atoms with van der Waals surface area (Å²) in [5, 5.41) is 7.03. The van der Waals surface area contributed by atoms with Crippen molar-refractivity contribution in [3.8, 4) is 11.1 Å². The topological polar surface area (TPSA) is 110 Å². The van der Waals surface area contributed by atoms with E-state index in [2.05, 4.69) is 26.2 Å². The van der Waals surface area contributed by atoms with E-state index in [0.29, 0.717) is 18.2 Å². The van der Waals surface area contributed by atoms with Crippen LogP contribution in [-0.4, -0.2) is 33.6 Å². The van der Waals surface area contributed by atoms with Gasteiger partial charge in [0.1, 0.15) is 4.90 Å². The normalized spacial score (nSPS) is 15.3. The molecule has 3 aromatic heterocycles. The van der Waals surface area contributed by atoms with Crippen LogP contribution in [0.5, 0.6) is 0 Å². The second-order valence-electron chi connectivity index (χ2n) is 9.48. The molecule has 6 rings (SSSR count). The van der Waals surface area contributed by atoms with E-state index in [9.17, 15) is 13.2 Å². The number of hydrogen-bond acceptors (Lipinski definition) is 5. The Morgan fingerprint density at radius 1 is 1.20 bits per heavy atom. The smallest absolute Gasteiger partial charge is 0.306 e. The molecular formula is C25H26N6O3S. The number of benzene rings is 1. The fraction of sp³-hybridized carbons (Fsp3) is 0.320. The number of aryl methyl sites for hydroxylation is 2. The summed E-state index contributed by atoms with van der Waals surface area (Å²) in [4.78, 5) is 17.2. The Hall–Kier alpha value is -3.66. The van der Waals surface area contributed by atoms with Gasteiger partial charge < -0.3 is 9.72 Å². The molecule has 0 radical (unpaired) electrons. The Labute approximate surface area is 203 Å². The number of imidazole rings is 1. The molecule has 0 unspecified atom stereocenters. The molecule has 35 heavy (non-hydrogen) atoms. The van der Waals surface area contributed by atoms with Crippen molar-refractivity contribution in [2.24, 2.45) is 5.92 Å². The molecule has 2 aliphatic carbocycles. The quantitative estimate of drug-likeness (QED) is 0.426. The lowest BCUT2D eigenvalue weighted by molar-refractivity contribution is 0.256. The van der Waals surface area contributed by atoms with Gasteiger partial charge in [-0.15, -0.1) is 0 Å². The first-order valence-corrected chi connectivity index (χ1v) is 13.3. The Kier molecular flexibility index (Phi) is 5.14. The van der Waals surface area contributed by atoms with Crippen LogP contribution in [0.4, 0.5) is 10.5 Å². The third-order valence-corrected chi connectivity index (χ3v) is 8.11. The molecule has 1 fully saturated rings. The maximum Gasteiger partial charge on any atom is 0.333 e. The minimum Gasteiger partial charge on any atom is -0.306 e. The number of sulfonamides is 1. The molecule has 2 amide bonds. The molecule has 10 heteroatoms. The Bertz CT molecular complexity index is 1570. The minimum atomic E-state index is -4.05. The Morgan fingerprint density at radius 2 is 2.06 bits per heavy atom. The maximum absolute atomic E-state index is 13.0. The van der Waals surface area contributed by atoms with Gasteiger partial charge in [0, 0.05) is 24.5 Å². The standard InChI is InChI=1S/C25H26N6O3S/c1-16-9-18-3-2-4-22(18)24(23(16)19-7-8-30-15-26-11-20(30)10-19)28-25(32)29-35(33,34)21-12-27-31(14-21)13-17-5-6-17/h7-12,14-15,17H,2-6,13H2,1H3,(H2,28,29,32). The molecule has 0 bridgehead atoms. The number of carbonyl (C=O) groups is 1. The van der Waals surface area contributed by atoms with Crippen molar-refractivity contribution in [2.75, 3.05) is 5.32 Å². The summed E-state index contributed by atoms with van der Waals surface area (Å²) in [5.74, 6) is 0.560. The molecule has 0 aliphatic heterocycles. The fourth-order valence-corrected chi connectivity index (χ4v) is 5.81. The lowest BCUT2D eigenvalue weighted by atomic mass is 9.93. The van der Waals surface area contributed by atoms with Gasteiger partial charge >= 0.3 is 6.03 Å². The summed E-state index contributed by atoms with van der Waals surface area (Å²) < 4.78 is 31.5. The lowest BCUT2D eigenvalue weighted by Gasteiger charge is -2.19. The summed E-state index contributed by atoms with van der Waals surface area (Å²) >= 11 is 0. The zero-order valence-corrected chi connectivity index (χ0v) is 20.2. The zero-order chi connectivity index (χ0) is 24.2. The van der Waals surface area contributed by atoms with Crippen molar-refractivity contribution in [2.45, 2.75) is 50.5 Å². The zero-order valence-electron chi connectivity index (χ0n) is 19.4. The van der Waals surface area contributed by atoms with Crippen LogP contribution in [0.25, 0.3) is 16.6 Å². The highest BCUT2D eigenvalue weighted by molar-refractivity contribution is 7.90. The molecule has 9 nitrogen and oxygen atoms in total. The molecule has 0 saturated heterocycles. The van der Waals surface area contributed by atoms with Crippen LogP contribution < -0.4 is 10.0 Å². The lowest BCUT2D eigenvalue weighted by Crippen LogP contribution is -2.34. The largest absolute Gasteiger partial charge is 0.333 e. The van der Waals surface area contributed by atoms with Crippen molar-refractivity contribution < 1.29 is 13.2 Å². The van der Waals surface area contributed by atoms with E-state index < -0.39 is 16.1 Å². The average molecular weight is 491 g/mol. The first-order valence-electron chi connectivity index (χ1n) is 11.8. The van der Waals surface area contributed by atoms with Crippen molar-refractivity contribution in [3.05, 3.63) is 66.0 Å². The van der Waals surface area contributed by atoms with Crippen molar-refractivity contribution in [3.63, 3.8) is 0 Å². The molecule has 1 aromatic carbocycles. The summed E-state index contributed by atoms with van der Waals surface area (Å²) in [6, 6.07) is 5.38. The summed E-state index contributed by atoms with van der Waals surface area (Å²) in [5.41, 5.74) is 6.69. The Balaban J connectivity index is 1.32. The van der Waals surface area contributed by atoms with Crippen LogP contribution in [0.2, 0.25) is 0 Å². The molecule has 0 atom stereocenters. The van der Waals surface area contributed by atoms with Crippen LogP contribution in [0.1, 0.15) is 36.0 Å². The summed E-state index contributed by atoms with van der Waals surface area (Å²) in [6.45, 7) is 2.71. The second kappa shape index (κ2) is 8.23. The predicted molar refractivity (Wildman–Crippen MR) is 132 cm³/mol. The van der Waals surface area contributed by atoms with Crippen LogP contribution >= 0.6 is 0 Å². The number of nitrogens with zero attached hydrogens (tertiary/aromatic N) is 4. The van der Waals surface area contributed by atoms with Gasteiger partial charge in [-0.1, -0.05) is 6.07 Å². The third-order valence-electron chi connectivity index (χ3n) is 6.83. The number of rotatable bonds is 6. The van der Waals surface area contributed by atoms with Crippen molar-refractivity contribution in [1.29, 1.82) is 0 Å². The van der Waals surface area contributed by atoms with Gasteiger partial charge in [-0.05, 0) is 79.3 Å². The van der Waals surface area contributed by atoms with E-state index in [1.54, 1.807) is 17.2 Å². The maximum atomic E-state index is 13.0. The van der Waals surface area contributed by atoms with Crippen molar-refractivity contribution >= 4 is 27.3 Å². The number of urea groups is 1. The second-order valence-corrected chi connectivity index (χ2v) is 11.2. The minimum absolute atomic E-state index is 0.0193. The SMILES string of the molecule is Cc1cc2c(c(NC(=O)NS(=O)(=O)c3cnn(CC4CC4)c3)c1-c1ccn3cncc3c1)CCC2. The Morgan fingerprint density at radius 3 is 2.89 bits per heavy atom. The van der Waals surface area contributed by atoms with E-state index in [4.69, 9.17) is 0 Å². The number of anilines is 1. The van der Waals surface area contributed by atoms with Gasteiger partial charge in [-0.25, -0.2) is 22.9 Å². The number of nitrogens with one attached hydrogen (secondary N) is 2. The first-order chi connectivity index (χ1) is 16.9. The summed E-state index contributed by atoms with van der Waals surface area (Å²) in [7, 11) is -4.05. The number of fused-ring (bicyclic) bond motifs is 2. The van der Waals surface area contributed by atoms with E-state index in [1.807, 2.05) is 29.7 Å². The number of carbonyl (C=O) groups excluding carboxylic acids is 1.